The molecule has 340 valence electrons. The Labute approximate surface area is 380 Å². The minimum Gasteiger partial charge on any atom is -0.494 e. The highest BCUT2D eigenvalue weighted by Crippen LogP contribution is 2.38. The van der Waals surface area contributed by atoms with E-state index in [-0.39, 0.29) is 48.1 Å². The van der Waals surface area contributed by atoms with Gasteiger partial charge in [-0.2, -0.15) is 0 Å². The van der Waals surface area contributed by atoms with Gasteiger partial charge >= 0.3 is 0 Å². The Hall–Kier alpha value is -7.17. The first kappa shape index (κ1) is 47.3. The molecule has 0 unspecified atom stereocenters. The zero-order valence-corrected chi connectivity index (χ0v) is 37.7. The summed E-state index contributed by atoms with van der Waals surface area (Å²) in [4.78, 5) is 61.7. The second-order valence-electron chi connectivity index (χ2n) is 15.1. The van der Waals surface area contributed by atoms with Crippen LogP contribution in [0.25, 0.3) is 21.8 Å². The molecule has 2 aromatic heterocycles. The van der Waals surface area contributed by atoms with Gasteiger partial charge in [-0.05, 0) is 125 Å². The fraction of sp³-hybridized carbons (Fsp3) is 0.292. The van der Waals surface area contributed by atoms with Gasteiger partial charge in [-0.25, -0.2) is 0 Å². The lowest BCUT2D eigenvalue weighted by Gasteiger charge is -2.14. The number of ether oxygens (including phenoxy) is 4. The number of carbonyl (C=O) groups is 4. The minimum atomic E-state index is -0.361. The van der Waals surface area contributed by atoms with E-state index in [1.54, 1.807) is 48.3 Å². The molecule has 17 heteroatoms. The topological polar surface area (TPSA) is 217 Å². The Bertz CT molecular complexity index is 2810. The molecule has 4 heterocycles. The van der Waals surface area contributed by atoms with E-state index < -0.39 is 0 Å². The molecular formula is C48H51ClN6O10. The Kier molecular flexibility index (Phi) is 15.6. The van der Waals surface area contributed by atoms with Crippen molar-refractivity contribution in [3.63, 3.8) is 0 Å². The number of nitrogens with zero attached hydrogens (tertiary/aromatic N) is 3. The number of nitrogens with one attached hydrogen (secondary N) is 3. The summed E-state index contributed by atoms with van der Waals surface area (Å²) in [7, 11) is 3.65. The van der Waals surface area contributed by atoms with E-state index in [1.807, 2.05) is 43.4 Å². The molecule has 0 saturated heterocycles. The van der Waals surface area contributed by atoms with Crippen LogP contribution in [0.4, 0.5) is 0 Å². The van der Waals surface area contributed by atoms with Gasteiger partial charge in [0.2, 0.25) is 24.7 Å². The third-order valence-corrected chi connectivity index (χ3v) is 10.5. The maximum Gasteiger partial charge on any atom is 0.231 e. The van der Waals surface area contributed by atoms with Crippen LogP contribution >= 0.6 is 11.6 Å². The number of benzene rings is 4. The monoisotopic (exact) mass is 906 g/mol. The largest absolute Gasteiger partial charge is 0.494 e. The first-order valence-electron chi connectivity index (χ1n) is 20.8. The summed E-state index contributed by atoms with van der Waals surface area (Å²) in [6.45, 7) is 8.64. The number of halogens is 1. The average Bonchev–Trinajstić information content (AvgIpc) is 4.08. The lowest BCUT2D eigenvalue weighted by molar-refractivity contribution is -0.127. The van der Waals surface area contributed by atoms with Gasteiger partial charge < -0.3 is 49.3 Å². The van der Waals surface area contributed by atoms with E-state index in [0.717, 1.165) is 35.0 Å². The number of carbonyl (C=O) groups excluding carboxylic acids is 4. The Morgan fingerprint density at radius 2 is 1.06 bits per heavy atom. The molecule has 0 aliphatic carbocycles. The summed E-state index contributed by atoms with van der Waals surface area (Å²) in [5, 5.41) is 25.7. The number of Topliss-reactive ketones (excluding diaryl/α,β-unsaturated/α-hetero) is 2. The van der Waals surface area contributed by atoms with Crippen LogP contribution in [-0.4, -0.2) is 113 Å². The summed E-state index contributed by atoms with van der Waals surface area (Å²) >= 11 is 4.64. The number of hydrogen-bond acceptors (Lipinski definition) is 13. The number of fused-ring (bicyclic) bond motifs is 4. The van der Waals surface area contributed by atoms with E-state index in [2.05, 4.69) is 26.9 Å². The standard InChI is InChI=1S/C24H25N3O5.C22H23N3O4.C2H3ClO/c1-14(28)16-5-7-19-18(11-16)22(24(30)26-19)23(25-9-4-10-27(3)15(2)29)17-6-8-20-21(12-17)32-13-31-20;1-13(26)14-4-6-17-16(10-14)20(22(27)25-17)21(24-9-3-8-23-2)15-5-7-18-19(11-15)29-12-28-18;1-2(3)4/h5-8,11-12,26,30H,4,9-10,13H2,1-3H3;4-7,10-11,23,25,27H,3,8-9,12H2,1-2H3;1H3. The Morgan fingerprint density at radius 1 is 0.646 bits per heavy atom. The van der Waals surface area contributed by atoms with Crippen molar-refractivity contribution < 1.29 is 48.3 Å². The highest BCUT2D eigenvalue weighted by atomic mass is 35.5. The lowest BCUT2D eigenvalue weighted by Crippen LogP contribution is -2.25. The number of hydrogen-bond donors (Lipinski definition) is 5. The SMILES string of the molecule is CC(=O)Cl.CC(=O)c1ccc2[nH]c(O)c(C(=NCCCN(C)C(C)=O)c3ccc4c(c3)OCO4)c2c1.CNCCCN=C(c1ccc2c(c1)OCO2)c1c(O)[nH]c2ccc(C(C)=O)cc12. The number of aliphatic imine (C=N–C) groups is 2. The van der Waals surface area contributed by atoms with E-state index in [1.165, 1.54) is 27.7 Å². The predicted molar refractivity (Wildman–Crippen MR) is 249 cm³/mol. The second kappa shape index (κ2) is 21.5. The minimum absolute atomic E-state index is 0.00370. The van der Waals surface area contributed by atoms with Crippen LogP contribution in [-0.2, 0) is 9.59 Å². The van der Waals surface area contributed by atoms with Gasteiger partial charge in [-0.15, -0.1) is 0 Å². The van der Waals surface area contributed by atoms with Gasteiger partial charge in [0.05, 0.1) is 22.6 Å². The molecule has 16 nitrogen and oxygen atoms in total. The molecule has 2 aliphatic rings. The van der Waals surface area contributed by atoms with Crippen molar-refractivity contribution in [2.24, 2.45) is 9.98 Å². The van der Waals surface area contributed by atoms with Crippen molar-refractivity contribution in [3.8, 4) is 34.8 Å². The second-order valence-corrected chi connectivity index (χ2v) is 15.7. The fourth-order valence-electron chi connectivity index (χ4n) is 7.09. The molecule has 0 radical (unpaired) electrons. The highest BCUT2D eigenvalue weighted by Gasteiger charge is 2.24. The number of aromatic hydroxyl groups is 2. The number of H-pyrrole nitrogens is 2. The molecule has 0 fully saturated rings. The molecule has 2 aliphatic heterocycles. The van der Waals surface area contributed by atoms with E-state index in [4.69, 9.17) is 28.9 Å². The average molecular weight is 907 g/mol. The number of amides is 1. The van der Waals surface area contributed by atoms with E-state index in [9.17, 15) is 29.4 Å². The lowest BCUT2D eigenvalue weighted by atomic mass is 9.98. The summed E-state index contributed by atoms with van der Waals surface area (Å²) in [5.74, 6) is 2.48. The van der Waals surface area contributed by atoms with Crippen LogP contribution in [0.2, 0.25) is 0 Å². The maximum atomic E-state index is 11.9. The predicted octanol–water partition coefficient (Wildman–Crippen LogP) is 7.53. The molecule has 0 spiro atoms. The molecule has 8 rings (SSSR count). The first-order chi connectivity index (χ1) is 31.2. The van der Waals surface area contributed by atoms with Crippen LogP contribution < -0.4 is 24.3 Å². The summed E-state index contributed by atoms with van der Waals surface area (Å²) in [6, 6.07) is 21.7. The van der Waals surface area contributed by atoms with Crippen molar-refractivity contribution in [2.75, 3.05) is 53.9 Å². The molecule has 5 N–H and O–H groups in total. The maximum absolute atomic E-state index is 11.9. The van der Waals surface area contributed by atoms with Crippen LogP contribution in [0.15, 0.2) is 82.8 Å². The number of aromatic nitrogens is 2. The Morgan fingerprint density at radius 3 is 1.48 bits per heavy atom. The van der Waals surface area contributed by atoms with Gasteiger partial charge in [-0.1, -0.05) is 0 Å². The van der Waals surface area contributed by atoms with Crippen LogP contribution in [0.5, 0.6) is 34.8 Å². The zero-order valence-electron chi connectivity index (χ0n) is 37.0. The molecule has 0 atom stereocenters. The molecule has 6 aromatic rings. The van der Waals surface area contributed by atoms with Crippen LogP contribution in [0, 0.1) is 0 Å². The van der Waals surface area contributed by atoms with Crippen LogP contribution in [0.1, 0.15) is 83.5 Å². The van der Waals surface area contributed by atoms with Crippen molar-refractivity contribution >= 4 is 67.5 Å². The summed E-state index contributed by atoms with van der Waals surface area (Å²) < 4.78 is 21.9. The smallest absolute Gasteiger partial charge is 0.231 e. The fourth-order valence-corrected chi connectivity index (χ4v) is 7.09. The molecule has 0 bridgehead atoms. The van der Waals surface area contributed by atoms with Crippen molar-refractivity contribution in [1.82, 2.24) is 20.2 Å². The summed E-state index contributed by atoms with van der Waals surface area (Å²) in [6.07, 6.45) is 1.51. The van der Waals surface area contributed by atoms with E-state index >= 15 is 0 Å². The normalized spacial score (nSPS) is 12.7. The molecule has 4 aromatic carbocycles. The number of ketones is 2. The molecule has 65 heavy (non-hydrogen) atoms. The van der Waals surface area contributed by atoms with Crippen molar-refractivity contribution in [2.45, 2.75) is 40.5 Å². The molecular weight excluding hydrogens is 856 g/mol. The van der Waals surface area contributed by atoms with Gasteiger partial charge in [0.25, 0.3) is 0 Å². The zero-order chi connectivity index (χ0) is 46.8. The van der Waals surface area contributed by atoms with Gasteiger partial charge in [0, 0.05) is 84.6 Å². The van der Waals surface area contributed by atoms with Gasteiger partial charge in [-0.3, -0.25) is 29.2 Å². The third-order valence-electron chi connectivity index (χ3n) is 10.5. The molecule has 0 saturated carbocycles. The van der Waals surface area contributed by atoms with Gasteiger partial charge in [0.1, 0.15) is 0 Å². The quantitative estimate of drug-likeness (QED) is 0.0311. The number of aromatic amines is 2. The van der Waals surface area contributed by atoms with Crippen LogP contribution in [0.3, 0.4) is 0 Å². The first-order valence-corrected chi connectivity index (χ1v) is 21.2. The van der Waals surface area contributed by atoms with E-state index in [0.29, 0.717) is 93.6 Å². The highest BCUT2D eigenvalue weighted by molar-refractivity contribution is 6.62. The molecule has 1 amide bonds. The third kappa shape index (κ3) is 11.5. The van der Waals surface area contributed by atoms with Gasteiger partial charge in [0.15, 0.2) is 46.3 Å². The summed E-state index contributed by atoms with van der Waals surface area (Å²) in [5.41, 5.74) is 6.43. The van der Waals surface area contributed by atoms with Crippen molar-refractivity contribution in [3.05, 3.63) is 106 Å². The van der Waals surface area contributed by atoms with Crippen molar-refractivity contribution in [1.29, 1.82) is 0 Å². The Balaban J connectivity index is 0.000000200. The number of rotatable bonds is 14.